The van der Waals surface area contributed by atoms with Gasteiger partial charge in [-0.1, -0.05) is 6.07 Å². The zero-order valence-electron chi connectivity index (χ0n) is 11.4. The Morgan fingerprint density at radius 3 is 2.55 bits per heavy atom. The second-order valence-corrected chi connectivity index (χ2v) is 5.89. The first-order valence-corrected chi connectivity index (χ1v) is 7.81. The highest BCUT2D eigenvalue weighted by Crippen LogP contribution is 2.32. The van der Waals surface area contributed by atoms with Crippen molar-refractivity contribution in [3.8, 4) is 11.5 Å². The Hall–Kier alpha value is -1.08. The first kappa shape index (κ1) is 15.3. The van der Waals surface area contributed by atoms with Crippen molar-refractivity contribution in [1.29, 1.82) is 0 Å². The van der Waals surface area contributed by atoms with Crippen molar-refractivity contribution in [2.45, 2.75) is 12.5 Å². The molecule has 0 saturated carbocycles. The summed E-state index contributed by atoms with van der Waals surface area (Å²) in [6.45, 7) is 0. The first-order chi connectivity index (χ1) is 9.69. The number of ether oxygens (including phenoxy) is 2. The molecule has 0 bridgehead atoms. The molecule has 0 spiro atoms. The number of nitrogens with one attached hydrogen (secondary N) is 1. The minimum absolute atomic E-state index is 0.0497. The van der Waals surface area contributed by atoms with Gasteiger partial charge in [0.15, 0.2) is 11.5 Å². The van der Waals surface area contributed by atoms with Gasteiger partial charge in [0.25, 0.3) is 0 Å². The molecule has 4 nitrogen and oxygen atoms in total. The Labute approximate surface area is 131 Å². The van der Waals surface area contributed by atoms with Crippen LogP contribution in [0.5, 0.6) is 11.5 Å². The summed E-state index contributed by atoms with van der Waals surface area (Å²) in [7, 11) is 3.26. The lowest BCUT2D eigenvalue weighted by Gasteiger charge is -2.17. The van der Waals surface area contributed by atoms with E-state index < -0.39 is 0 Å². The van der Waals surface area contributed by atoms with Crippen molar-refractivity contribution in [2.75, 3.05) is 14.2 Å². The van der Waals surface area contributed by atoms with Gasteiger partial charge in [-0.15, -0.1) is 0 Å². The van der Waals surface area contributed by atoms with Crippen LogP contribution < -0.4 is 20.7 Å². The summed E-state index contributed by atoms with van der Waals surface area (Å²) >= 11 is 5.19. The number of nitrogens with two attached hydrogens (primary N) is 1. The smallest absolute Gasteiger partial charge is 0.160 e. The van der Waals surface area contributed by atoms with Crippen molar-refractivity contribution in [2.24, 2.45) is 5.84 Å². The van der Waals surface area contributed by atoms with Crippen LogP contribution in [0.25, 0.3) is 0 Å². The van der Waals surface area contributed by atoms with Gasteiger partial charge in [-0.05, 0) is 51.0 Å². The van der Waals surface area contributed by atoms with Gasteiger partial charge in [0.05, 0.1) is 20.3 Å². The topological polar surface area (TPSA) is 56.5 Å². The summed E-state index contributed by atoms with van der Waals surface area (Å²) in [5, 5.41) is 4.14. The lowest BCUT2D eigenvalue weighted by Crippen LogP contribution is -2.29. The standard InChI is InChI=1S/C14H17BrN2O2S/c1-18-13-4-3-9(6-14(13)19-2)5-12(17-16)10-7-20-8-11(10)15/h3-4,6-8,12,17H,5,16H2,1-2H3. The van der Waals surface area contributed by atoms with Crippen LogP contribution in [-0.4, -0.2) is 14.2 Å². The Balaban J connectivity index is 2.22. The van der Waals surface area contributed by atoms with Crippen LogP contribution in [0.3, 0.4) is 0 Å². The van der Waals surface area contributed by atoms with E-state index >= 15 is 0 Å². The molecule has 1 atom stereocenters. The second kappa shape index (κ2) is 7.08. The Bertz CT molecular complexity index is 574. The molecule has 0 aliphatic rings. The van der Waals surface area contributed by atoms with Gasteiger partial charge in [-0.2, -0.15) is 11.3 Å². The van der Waals surface area contributed by atoms with Crippen LogP contribution >= 0.6 is 27.3 Å². The van der Waals surface area contributed by atoms with E-state index in [-0.39, 0.29) is 6.04 Å². The number of methoxy groups -OCH3 is 2. The number of halogens is 1. The largest absolute Gasteiger partial charge is 0.493 e. The SMILES string of the molecule is COc1ccc(CC(NN)c2cscc2Br)cc1OC. The molecule has 2 aromatic rings. The number of benzene rings is 1. The Morgan fingerprint density at radius 1 is 1.25 bits per heavy atom. The quantitative estimate of drug-likeness (QED) is 0.615. The van der Waals surface area contributed by atoms with E-state index in [1.54, 1.807) is 25.6 Å². The monoisotopic (exact) mass is 356 g/mol. The Morgan fingerprint density at radius 2 is 2.00 bits per heavy atom. The fourth-order valence-electron chi connectivity index (χ4n) is 2.04. The van der Waals surface area contributed by atoms with Crippen LogP contribution in [0.4, 0.5) is 0 Å². The maximum absolute atomic E-state index is 5.69. The minimum atomic E-state index is 0.0497. The maximum Gasteiger partial charge on any atom is 0.160 e. The predicted molar refractivity (Wildman–Crippen MR) is 85.3 cm³/mol. The van der Waals surface area contributed by atoms with Crippen molar-refractivity contribution in [3.05, 3.63) is 44.6 Å². The van der Waals surface area contributed by atoms with E-state index in [1.165, 1.54) is 0 Å². The third-order valence-electron chi connectivity index (χ3n) is 3.11. The van der Waals surface area contributed by atoms with Crippen molar-refractivity contribution in [1.82, 2.24) is 5.43 Å². The Kier molecular flexibility index (Phi) is 5.42. The lowest BCUT2D eigenvalue weighted by atomic mass is 10.0. The molecule has 0 radical (unpaired) electrons. The molecule has 0 amide bonds. The number of thiophene rings is 1. The summed E-state index contributed by atoms with van der Waals surface area (Å²) < 4.78 is 11.6. The molecular weight excluding hydrogens is 340 g/mol. The second-order valence-electron chi connectivity index (χ2n) is 4.29. The van der Waals surface area contributed by atoms with Crippen molar-refractivity contribution in [3.63, 3.8) is 0 Å². The zero-order chi connectivity index (χ0) is 14.5. The van der Waals surface area contributed by atoms with Gasteiger partial charge in [0.2, 0.25) is 0 Å². The minimum Gasteiger partial charge on any atom is -0.493 e. The molecule has 0 aliphatic carbocycles. The van der Waals surface area contributed by atoms with Crippen LogP contribution in [0, 0.1) is 0 Å². The molecule has 1 aromatic carbocycles. The average molecular weight is 357 g/mol. The molecular formula is C14H17BrN2O2S. The molecule has 20 heavy (non-hydrogen) atoms. The molecule has 1 unspecified atom stereocenters. The van der Waals surface area contributed by atoms with Gasteiger partial charge in [-0.25, -0.2) is 0 Å². The fraction of sp³-hybridized carbons (Fsp3) is 0.286. The summed E-state index contributed by atoms with van der Waals surface area (Å²) in [6.07, 6.45) is 0.770. The van der Waals surface area contributed by atoms with Crippen molar-refractivity contribution < 1.29 is 9.47 Å². The van der Waals surface area contributed by atoms with E-state index in [9.17, 15) is 0 Å². The van der Waals surface area contributed by atoms with E-state index in [0.717, 1.165) is 33.5 Å². The predicted octanol–water partition coefficient (Wildman–Crippen LogP) is 3.27. The molecule has 3 N–H and O–H groups in total. The van der Waals surface area contributed by atoms with Crippen molar-refractivity contribution >= 4 is 27.3 Å². The number of rotatable bonds is 6. The van der Waals surface area contributed by atoms with E-state index in [1.807, 2.05) is 23.6 Å². The lowest BCUT2D eigenvalue weighted by molar-refractivity contribution is 0.354. The van der Waals surface area contributed by atoms with E-state index in [0.29, 0.717) is 0 Å². The molecule has 0 fully saturated rings. The van der Waals surface area contributed by atoms with E-state index in [4.69, 9.17) is 15.3 Å². The summed E-state index contributed by atoms with van der Waals surface area (Å²) in [5.41, 5.74) is 5.15. The maximum atomic E-state index is 5.69. The van der Waals surface area contributed by atoms with Crippen LogP contribution in [0.2, 0.25) is 0 Å². The molecule has 0 aliphatic heterocycles. The highest BCUT2D eigenvalue weighted by Gasteiger charge is 2.15. The zero-order valence-corrected chi connectivity index (χ0v) is 13.8. The average Bonchev–Trinajstić information content (AvgIpc) is 2.90. The number of hydrazine groups is 1. The number of hydrogen-bond acceptors (Lipinski definition) is 5. The van der Waals surface area contributed by atoms with Gasteiger partial charge < -0.3 is 9.47 Å². The van der Waals surface area contributed by atoms with E-state index in [2.05, 4.69) is 26.7 Å². The van der Waals surface area contributed by atoms with Gasteiger partial charge in [0, 0.05) is 9.85 Å². The highest BCUT2D eigenvalue weighted by molar-refractivity contribution is 9.10. The molecule has 0 saturated heterocycles. The van der Waals surface area contributed by atoms with Gasteiger partial charge in [-0.3, -0.25) is 11.3 Å². The molecule has 2 rings (SSSR count). The van der Waals surface area contributed by atoms with Gasteiger partial charge in [0.1, 0.15) is 0 Å². The van der Waals surface area contributed by atoms with Crippen LogP contribution in [0.1, 0.15) is 17.2 Å². The van der Waals surface area contributed by atoms with Crippen LogP contribution in [0.15, 0.2) is 33.4 Å². The van der Waals surface area contributed by atoms with Crippen LogP contribution in [-0.2, 0) is 6.42 Å². The third-order valence-corrected chi connectivity index (χ3v) is 4.86. The molecule has 1 aromatic heterocycles. The summed E-state index contributed by atoms with van der Waals surface area (Å²) in [4.78, 5) is 0. The molecule has 1 heterocycles. The summed E-state index contributed by atoms with van der Waals surface area (Å²) in [5.74, 6) is 7.14. The molecule has 108 valence electrons. The summed E-state index contributed by atoms with van der Waals surface area (Å²) in [6, 6.07) is 5.95. The number of hydrogen-bond donors (Lipinski definition) is 2. The third kappa shape index (κ3) is 3.32. The molecule has 6 heteroatoms. The first-order valence-electron chi connectivity index (χ1n) is 6.08. The normalized spacial score (nSPS) is 12.2. The van der Waals surface area contributed by atoms with Gasteiger partial charge >= 0.3 is 0 Å². The highest BCUT2D eigenvalue weighted by atomic mass is 79.9. The fourth-order valence-corrected chi connectivity index (χ4v) is 3.67.